The number of ether oxygens (including phenoxy) is 2. The van der Waals surface area contributed by atoms with Crippen molar-refractivity contribution in [1.82, 2.24) is 0 Å². The number of aryl methyl sites for hydroxylation is 1. The minimum absolute atomic E-state index is 0.245. The number of carbonyl (C=O) groups excluding carboxylic acids is 2. The third-order valence-electron chi connectivity index (χ3n) is 6.37. The molecule has 0 aliphatic carbocycles. The van der Waals surface area contributed by atoms with Crippen molar-refractivity contribution >= 4 is 23.2 Å². The van der Waals surface area contributed by atoms with Crippen molar-refractivity contribution in [2.75, 3.05) is 37.5 Å². The molecule has 7 heteroatoms. The Morgan fingerprint density at radius 3 is 2.36 bits per heavy atom. The molecular weight excluding hydrogens is 490 g/mol. The van der Waals surface area contributed by atoms with E-state index in [0.29, 0.717) is 53.6 Å². The first kappa shape index (κ1) is 27.4. The predicted octanol–water partition coefficient (Wildman–Crippen LogP) is 5.93. The summed E-state index contributed by atoms with van der Waals surface area (Å²) in [4.78, 5) is 28.3. The maximum Gasteiger partial charge on any atom is 0.258 e. The summed E-state index contributed by atoms with van der Waals surface area (Å²) in [7, 11) is 3.20. The normalized spacial score (nSPS) is 10.6. The van der Waals surface area contributed by atoms with Gasteiger partial charge in [-0.15, -0.1) is 0 Å². The van der Waals surface area contributed by atoms with E-state index in [0.717, 1.165) is 16.7 Å². The van der Waals surface area contributed by atoms with E-state index in [2.05, 4.69) is 5.32 Å². The Hall–Kier alpha value is -4.62. The van der Waals surface area contributed by atoms with Gasteiger partial charge in [0.2, 0.25) is 0 Å². The Balaban J connectivity index is 1.55. The largest absolute Gasteiger partial charge is 0.495 e. The molecule has 4 aromatic rings. The van der Waals surface area contributed by atoms with Crippen LogP contribution in [0.2, 0.25) is 0 Å². The fourth-order valence-corrected chi connectivity index (χ4v) is 4.21. The molecule has 0 saturated heterocycles. The molecule has 0 radical (unpaired) electrons. The lowest BCUT2D eigenvalue weighted by Crippen LogP contribution is -2.27. The highest BCUT2D eigenvalue weighted by atomic mass is 16.5. The number of hydrogen-bond acceptors (Lipinski definition) is 5. The zero-order valence-corrected chi connectivity index (χ0v) is 22.4. The van der Waals surface area contributed by atoms with Crippen LogP contribution in [0.15, 0.2) is 91.0 Å². The molecule has 0 spiro atoms. The Kier molecular flexibility index (Phi) is 8.97. The maximum absolute atomic E-state index is 13.4. The van der Waals surface area contributed by atoms with E-state index in [1.54, 1.807) is 31.3 Å². The van der Waals surface area contributed by atoms with Crippen LogP contribution in [0.1, 0.15) is 32.7 Å². The molecule has 0 bridgehead atoms. The second-order valence-electron chi connectivity index (χ2n) is 9.10. The molecule has 0 aliphatic rings. The van der Waals surface area contributed by atoms with Crippen LogP contribution in [0.3, 0.4) is 0 Å². The van der Waals surface area contributed by atoms with Gasteiger partial charge in [-0.25, -0.2) is 0 Å². The number of nitrogens with one attached hydrogen (secondary N) is 1. The van der Waals surface area contributed by atoms with Gasteiger partial charge < -0.3 is 25.4 Å². The number of para-hydroxylation sites is 2. The van der Waals surface area contributed by atoms with Crippen LogP contribution >= 0.6 is 0 Å². The summed E-state index contributed by atoms with van der Waals surface area (Å²) in [5, 5.41) is 2.95. The molecule has 0 heterocycles. The average molecular weight is 524 g/mol. The number of rotatable bonds is 10. The third kappa shape index (κ3) is 6.45. The molecule has 0 aliphatic heterocycles. The summed E-state index contributed by atoms with van der Waals surface area (Å²) in [5.74, 6) is 0.461. The van der Waals surface area contributed by atoms with Gasteiger partial charge in [0.1, 0.15) is 11.5 Å². The van der Waals surface area contributed by atoms with Gasteiger partial charge in [-0.3, -0.25) is 9.59 Å². The van der Waals surface area contributed by atoms with Crippen LogP contribution in [0, 0.1) is 6.92 Å². The van der Waals surface area contributed by atoms with E-state index in [9.17, 15) is 9.59 Å². The molecule has 7 nitrogen and oxygen atoms in total. The number of carbonyl (C=O) groups is 2. The van der Waals surface area contributed by atoms with E-state index in [1.807, 2.05) is 73.7 Å². The standard InChI is InChI=1S/C32H33N3O4/c1-22-13-15-23(16-14-22)25-9-4-5-10-26(25)31(36)34-27-18-17-24(21-30(27)38-3)32(37)35(2)28-11-6-7-12-29(28)39-20-8-19-33/h4-7,9-18,21H,8,19-20,33H2,1-3H3,(H,34,36). The van der Waals surface area contributed by atoms with Crippen LogP contribution < -0.4 is 25.4 Å². The number of methoxy groups -OCH3 is 1. The van der Waals surface area contributed by atoms with E-state index in [4.69, 9.17) is 15.2 Å². The fourth-order valence-electron chi connectivity index (χ4n) is 4.21. The fraction of sp³-hybridized carbons (Fsp3) is 0.188. The van der Waals surface area contributed by atoms with Gasteiger partial charge in [-0.05, 0) is 67.4 Å². The van der Waals surface area contributed by atoms with Crippen LogP contribution in [-0.2, 0) is 0 Å². The Bertz CT molecular complexity index is 1450. The van der Waals surface area contributed by atoms with Crippen molar-refractivity contribution in [2.24, 2.45) is 5.73 Å². The number of amides is 2. The van der Waals surface area contributed by atoms with Crippen molar-refractivity contribution in [3.05, 3.63) is 108 Å². The van der Waals surface area contributed by atoms with Crippen molar-refractivity contribution in [2.45, 2.75) is 13.3 Å². The Labute approximate surface area is 229 Å². The molecule has 0 unspecified atom stereocenters. The molecule has 0 aromatic heterocycles. The van der Waals surface area contributed by atoms with Gasteiger partial charge >= 0.3 is 0 Å². The monoisotopic (exact) mass is 523 g/mol. The molecule has 4 rings (SSSR count). The van der Waals surface area contributed by atoms with E-state index >= 15 is 0 Å². The van der Waals surface area contributed by atoms with Crippen molar-refractivity contribution in [3.63, 3.8) is 0 Å². The van der Waals surface area contributed by atoms with Gasteiger partial charge in [-0.1, -0.05) is 60.2 Å². The van der Waals surface area contributed by atoms with E-state index in [-0.39, 0.29) is 11.8 Å². The second-order valence-corrected chi connectivity index (χ2v) is 9.10. The minimum Gasteiger partial charge on any atom is -0.495 e. The topological polar surface area (TPSA) is 93.9 Å². The van der Waals surface area contributed by atoms with Gasteiger partial charge in [0, 0.05) is 18.2 Å². The molecule has 0 fully saturated rings. The number of anilines is 2. The molecule has 39 heavy (non-hydrogen) atoms. The van der Waals surface area contributed by atoms with Gasteiger partial charge in [0.15, 0.2) is 0 Å². The zero-order chi connectivity index (χ0) is 27.8. The van der Waals surface area contributed by atoms with Crippen LogP contribution in [0.4, 0.5) is 11.4 Å². The molecular formula is C32H33N3O4. The van der Waals surface area contributed by atoms with Crippen molar-refractivity contribution in [1.29, 1.82) is 0 Å². The lowest BCUT2D eigenvalue weighted by Gasteiger charge is -2.21. The van der Waals surface area contributed by atoms with Crippen LogP contribution in [0.25, 0.3) is 11.1 Å². The summed E-state index contributed by atoms with van der Waals surface area (Å²) < 4.78 is 11.4. The Morgan fingerprint density at radius 2 is 1.62 bits per heavy atom. The Morgan fingerprint density at radius 1 is 0.897 bits per heavy atom. The van der Waals surface area contributed by atoms with Gasteiger partial charge in [0.05, 0.1) is 25.1 Å². The highest BCUT2D eigenvalue weighted by Gasteiger charge is 2.20. The summed E-state index contributed by atoms with van der Waals surface area (Å²) in [6.45, 7) is 3.01. The number of nitrogens with zero attached hydrogens (tertiary/aromatic N) is 1. The predicted molar refractivity (Wildman–Crippen MR) is 156 cm³/mol. The zero-order valence-electron chi connectivity index (χ0n) is 22.4. The molecule has 2 amide bonds. The van der Waals surface area contributed by atoms with Crippen molar-refractivity contribution < 1.29 is 19.1 Å². The lowest BCUT2D eigenvalue weighted by atomic mass is 9.98. The van der Waals surface area contributed by atoms with Crippen LogP contribution in [0.5, 0.6) is 11.5 Å². The minimum atomic E-state index is -0.274. The first-order valence-electron chi connectivity index (χ1n) is 12.8. The first-order chi connectivity index (χ1) is 18.9. The SMILES string of the molecule is COc1cc(C(=O)N(C)c2ccccc2OCCCN)ccc1NC(=O)c1ccccc1-c1ccc(C)cc1. The molecule has 200 valence electrons. The third-order valence-corrected chi connectivity index (χ3v) is 6.37. The number of benzene rings is 4. The van der Waals surface area contributed by atoms with E-state index in [1.165, 1.54) is 12.0 Å². The van der Waals surface area contributed by atoms with Gasteiger partial charge in [0.25, 0.3) is 11.8 Å². The smallest absolute Gasteiger partial charge is 0.258 e. The molecule has 4 aromatic carbocycles. The molecule has 0 saturated carbocycles. The second kappa shape index (κ2) is 12.8. The quantitative estimate of drug-likeness (QED) is 0.251. The summed E-state index contributed by atoms with van der Waals surface area (Å²) in [6, 6.07) is 27.8. The average Bonchev–Trinajstić information content (AvgIpc) is 2.97. The number of hydrogen-bond donors (Lipinski definition) is 2. The number of nitrogens with two attached hydrogens (primary N) is 1. The summed E-state index contributed by atoms with van der Waals surface area (Å²) >= 11 is 0. The van der Waals surface area contributed by atoms with Gasteiger partial charge in [-0.2, -0.15) is 0 Å². The summed E-state index contributed by atoms with van der Waals surface area (Å²) in [6.07, 6.45) is 0.714. The lowest BCUT2D eigenvalue weighted by molar-refractivity contribution is 0.0990. The highest BCUT2D eigenvalue weighted by molar-refractivity contribution is 6.10. The van der Waals surface area contributed by atoms with Crippen molar-refractivity contribution in [3.8, 4) is 22.6 Å². The van der Waals surface area contributed by atoms with E-state index < -0.39 is 0 Å². The molecule has 0 atom stereocenters. The maximum atomic E-state index is 13.4. The first-order valence-corrected chi connectivity index (χ1v) is 12.8. The summed E-state index contributed by atoms with van der Waals surface area (Å²) in [5.41, 5.74) is 10.6. The van der Waals surface area contributed by atoms with Crippen LogP contribution in [-0.4, -0.2) is 39.1 Å². The molecule has 3 N–H and O–H groups in total. The highest BCUT2D eigenvalue weighted by Crippen LogP contribution is 2.32.